The number of rotatable bonds is 3. The zero-order valence-corrected chi connectivity index (χ0v) is 16.0. The third-order valence-corrected chi connectivity index (χ3v) is 6.74. The monoisotopic (exact) mass is 363 g/mol. The summed E-state index contributed by atoms with van der Waals surface area (Å²) >= 11 is 3.37. The van der Waals surface area contributed by atoms with Crippen molar-refractivity contribution in [3.05, 3.63) is 39.0 Å². The van der Waals surface area contributed by atoms with Crippen LogP contribution in [0.2, 0.25) is 0 Å². The number of ketones is 1. The van der Waals surface area contributed by atoms with Crippen LogP contribution >= 0.6 is 23.1 Å². The first kappa shape index (κ1) is 17.3. The molecule has 6 heteroatoms. The van der Waals surface area contributed by atoms with Crippen molar-refractivity contribution >= 4 is 34.9 Å². The lowest BCUT2D eigenvalue weighted by Crippen LogP contribution is -2.34. The molecule has 0 saturated heterocycles. The normalized spacial score (nSPS) is 20.8. The number of ether oxygens (including phenoxy) is 1. The molecule has 0 radical (unpaired) electrons. The van der Waals surface area contributed by atoms with Gasteiger partial charge in [-0.2, -0.15) is 0 Å². The van der Waals surface area contributed by atoms with Gasteiger partial charge in [0.15, 0.2) is 5.78 Å². The van der Waals surface area contributed by atoms with Gasteiger partial charge in [-0.05, 0) is 44.6 Å². The Bertz CT molecular complexity index is 773. The molecule has 1 N–H and O–H groups in total. The fourth-order valence-corrected chi connectivity index (χ4v) is 5.46. The van der Waals surface area contributed by atoms with Gasteiger partial charge in [0.25, 0.3) is 0 Å². The lowest BCUT2D eigenvalue weighted by atomic mass is 9.76. The Kier molecular flexibility index (Phi) is 4.88. The molecule has 0 fully saturated rings. The van der Waals surface area contributed by atoms with E-state index < -0.39 is 0 Å². The van der Waals surface area contributed by atoms with Crippen LogP contribution in [0, 0.1) is 6.92 Å². The first-order valence-corrected chi connectivity index (χ1v) is 9.98. The topological polar surface area (TPSA) is 55.4 Å². The van der Waals surface area contributed by atoms with Crippen molar-refractivity contribution in [2.45, 2.75) is 43.2 Å². The second-order valence-electron chi connectivity index (χ2n) is 6.06. The molecule has 1 atom stereocenters. The van der Waals surface area contributed by atoms with E-state index in [2.05, 4.69) is 18.3 Å². The summed E-state index contributed by atoms with van der Waals surface area (Å²) in [6.07, 6.45) is 4.28. The van der Waals surface area contributed by atoms with Crippen LogP contribution in [0.4, 0.5) is 0 Å². The van der Waals surface area contributed by atoms with Crippen LogP contribution in [0.15, 0.2) is 32.8 Å². The van der Waals surface area contributed by atoms with E-state index in [0.29, 0.717) is 12.0 Å². The van der Waals surface area contributed by atoms with Gasteiger partial charge in [-0.15, -0.1) is 23.1 Å². The van der Waals surface area contributed by atoms with Crippen LogP contribution in [0.25, 0.3) is 0 Å². The van der Waals surface area contributed by atoms with E-state index >= 15 is 0 Å². The second kappa shape index (κ2) is 6.76. The Morgan fingerprint density at radius 2 is 2.12 bits per heavy atom. The highest BCUT2D eigenvalue weighted by Crippen LogP contribution is 2.47. The minimum atomic E-state index is -0.370. The highest BCUT2D eigenvalue weighted by molar-refractivity contribution is 8.00. The number of dihydropyridines is 1. The molecular weight excluding hydrogens is 342 g/mol. The van der Waals surface area contributed by atoms with Gasteiger partial charge in [0.05, 0.1) is 22.8 Å². The fourth-order valence-electron chi connectivity index (χ4n) is 3.55. The largest absolute Gasteiger partial charge is 0.466 e. The molecule has 0 spiro atoms. The van der Waals surface area contributed by atoms with Gasteiger partial charge < -0.3 is 10.1 Å². The number of allylic oxidation sites excluding steroid dienone is 3. The first-order valence-electron chi connectivity index (χ1n) is 7.94. The van der Waals surface area contributed by atoms with Gasteiger partial charge in [-0.1, -0.05) is 0 Å². The Morgan fingerprint density at radius 3 is 2.79 bits per heavy atom. The summed E-state index contributed by atoms with van der Waals surface area (Å²) in [7, 11) is 1.39. The fraction of sp³-hybridized carbons (Fsp3) is 0.444. The van der Waals surface area contributed by atoms with E-state index in [9.17, 15) is 9.59 Å². The van der Waals surface area contributed by atoms with Crippen LogP contribution in [0.5, 0.6) is 0 Å². The average Bonchev–Trinajstić information content (AvgIpc) is 2.93. The Morgan fingerprint density at radius 1 is 1.38 bits per heavy atom. The number of esters is 1. The Balaban J connectivity index is 2.23. The molecule has 4 nitrogen and oxygen atoms in total. The summed E-state index contributed by atoms with van der Waals surface area (Å²) in [5, 5.41) is 3.29. The van der Waals surface area contributed by atoms with Crippen molar-refractivity contribution in [1.29, 1.82) is 0 Å². The summed E-state index contributed by atoms with van der Waals surface area (Å²) in [4.78, 5) is 26.4. The Hall–Kier alpha value is -1.53. The molecule has 24 heavy (non-hydrogen) atoms. The van der Waals surface area contributed by atoms with Crippen LogP contribution < -0.4 is 5.32 Å². The van der Waals surface area contributed by atoms with Crippen molar-refractivity contribution < 1.29 is 14.3 Å². The molecule has 0 unspecified atom stereocenters. The number of carbonyl (C=O) groups is 2. The number of hydrogen-bond acceptors (Lipinski definition) is 6. The number of thioether (sulfide) groups is 1. The van der Waals surface area contributed by atoms with E-state index in [-0.39, 0.29) is 17.7 Å². The van der Waals surface area contributed by atoms with E-state index in [1.807, 2.05) is 13.2 Å². The molecule has 128 valence electrons. The van der Waals surface area contributed by atoms with Gasteiger partial charge in [0.2, 0.25) is 0 Å². The molecule has 1 aliphatic heterocycles. The third-order valence-electron chi connectivity index (χ3n) is 4.53. The summed E-state index contributed by atoms with van der Waals surface area (Å²) in [5.41, 5.74) is 4.11. The van der Waals surface area contributed by atoms with Crippen LogP contribution in [0.1, 0.15) is 42.5 Å². The maximum atomic E-state index is 12.7. The number of aryl methyl sites for hydroxylation is 1. The number of nitrogens with one attached hydrogen (secondary N) is 1. The van der Waals surface area contributed by atoms with Crippen molar-refractivity contribution in [3.63, 3.8) is 0 Å². The maximum absolute atomic E-state index is 12.7. The Labute approximate surface area is 150 Å². The van der Waals surface area contributed by atoms with Gasteiger partial charge in [0.1, 0.15) is 0 Å². The predicted molar refractivity (Wildman–Crippen MR) is 97.3 cm³/mol. The lowest BCUT2D eigenvalue weighted by Gasteiger charge is -2.34. The molecule has 1 aromatic heterocycles. The van der Waals surface area contributed by atoms with Gasteiger partial charge in [-0.25, -0.2) is 4.79 Å². The van der Waals surface area contributed by atoms with Gasteiger partial charge >= 0.3 is 5.97 Å². The average molecular weight is 364 g/mol. The standard InChI is InChI=1S/C18H21NO3S2/c1-9-8-11(18(23-4)24-9)15-14(17(21)22-3)10(2)19-12-6-5-7-13(20)16(12)15/h8,15,19H,5-7H2,1-4H3/t15-/m0/s1. The van der Waals surface area contributed by atoms with Crippen LogP contribution in [-0.4, -0.2) is 25.1 Å². The van der Waals surface area contributed by atoms with Crippen molar-refractivity contribution in [2.75, 3.05) is 13.4 Å². The summed E-state index contributed by atoms with van der Waals surface area (Å²) < 4.78 is 6.18. The molecule has 3 rings (SSSR count). The summed E-state index contributed by atoms with van der Waals surface area (Å²) in [6, 6.07) is 2.11. The van der Waals surface area contributed by atoms with Crippen LogP contribution in [0.3, 0.4) is 0 Å². The molecule has 2 aliphatic rings. The minimum Gasteiger partial charge on any atom is -0.466 e. The maximum Gasteiger partial charge on any atom is 0.336 e. The first-order chi connectivity index (χ1) is 11.5. The van der Waals surface area contributed by atoms with Crippen LogP contribution in [-0.2, 0) is 14.3 Å². The smallest absolute Gasteiger partial charge is 0.336 e. The van der Waals surface area contributed by atoms with E-state index in [0.717, 1.165) is 39.6 Å². The molecule has 0 bridgehead atoms. The molecule has 1 aliphatic carbocycles. The molecule has 0 aromatic carbocycles. The number of thiophene rings is 1. The number of methoxy groups -OCH3 is 1. The van der Waals surface area contributed by atoms with Crippen molar-refractivity contribution in [1.82, 2.24) is 5.32 Å². The van der Waals surface area contributed by atoms with Crippen molar-refractivity contribution in [2.24, 2.45) is 0 Å². The molecule has 0 amide bonds. The van der Waals surface area contributed by atoms with E-state index in [4.69, 9.17) is 4.74 Å². The summed E-state index contributed by atoms with van der Waals surface area (Å²) in [5.74, 6) is -0.557. The molecule has 0 saturated carbocycles. The zero-order valence-electron chi connectivity index (χ0n) is 14.3. The highest BCUT2D eigenvalue weighted by Gasteiger charge is 2.40. The SMILES string of the molecule is COC(=O)C1=C(C)NC2=C(C(=O)CCC2)[C@H]1c1cc(C)sc1SC. The zero-order chi connectivity index (χ0) is 17.4. The van der Waals surface area contributed by atoms with E-state index in [1.165, 1.54) is 12.0 Å². The van der Waals surface area contributed by atoms with Crippen molar-refractivity contribution in [3.8, 4) is 0 Å². The minimum absolute atomic E-state index is 0.138. The highest BCUT2D eigenvalue weighted by atomic mass is 32.2. The van der Waals surface area contributed by atoms with Gasteiger partial charge in [-0.3, -0.25) is 4.79 Å². The second-order valence-corrected chi connectivity index (χ2v) is 8.39. The van der Waals surface area contributed by atoms with E-state index in [1.54, 1.807) is 23.1 Å². The molecule has 1 aromatic rings. The third kappa shape index (κ3) is 2.82. The molecular formula is C18H21NO3S2. The van der Waals surface area contributed by atoms with Gasteiger partial charge in [0, 0.05) is 28.3 Å². The molecule has 2 heterocycles. The lowest BCUT2D eigenvalue weighted by molar-refractivity contribution is -0.136. The number of Topliss-reactive ketones (excluding diaryl/α,β-unsaturated/α-hetero) is 1. The summed E-state index contributed by atoms with van der Waals surface area (Å²) in [6.45, 7) is 3.95. The predicted octanol–water partition coefficient (Wildman–Crippen LogP) is 3.92. The number of carbonyl (C=O) groups excluding carboxylic acids is 2. The quantitative estimate of drug-likeness (QED) is 0.652. The number of hydrogen-bond donors (Lipinski definition) is 1.